The third-order valence-electron chi connectivity index (χ3n) is 0.684. The number of hydrogen-bond acceptors (Lipinski definition) is 2. The second-order valence-corrected chi connectivity index (χ2v) is 1.28. The van der Waals surface area contributed by atoms with E-state index in [-0.39, 0.29) is 32.7 Å². The van der Waals surface area contributed by atoms with Crippen molar-refractivity contribution >= 4 is 0 Å². The molecule has 1 radical (unpaired) electrons. The van der Waals surface area contributed by atoms with Gasteiger partial charge in [-0.3, -0.25) is 0 Å². The summed E-state index contributed by atoms with van der Waals surface area (Å²) in [6, 6.07) is 0. The second kappa shape index (κ2) is 3.45. The van der Waals surface area contributed by atoms with Crippen molar-refractivity contribution in [2.24, 2.45) is 0 Å². The fourth-order valence-corrected chi connectivity index (χ4v) is 0.364. The third-order valence-corrected chi connectivity index (χ3v) is 0.684. The van der Waals surface area contributed by atoms with Crippen molar-refractivity contribution in [3.63, 3.8) is 0 Å². The molecule has 37 valence electrons. The fraction of sp³-hybridized carbons (Fsp3) is 0.250. The fourth-order valence-electron chi connectivity index (χ4n) is 0.364. The Morgan fingerprint density at radius 3 is 2.57 bits per heavy atom. The Kier molecular flexibility index (Phi) is 3.66. The Hall–Kier alpha value is 0.444. The van der Waals surface area contributed by atoms with Crippen LogP contribution in [-0.2, 0) is 32.7 Å². The first kappa shape index (κ1) is 7.44. The van der Waals surface area contributed by atoms with Crippen molar-refractivity contribution in [3.05, 3.63) is 19.1 Å². The summed E-state index contributed by atoms with van der Waals surface area (Å²) in [6.07, 6.45) is 3.82. The minimum Gasteiger partial charge on any atom is -0.521 e. The number of nitrogens with zero attached hydrogens (tertiary/aromatic N) is 1. The first-order valence-corrected chi connectivity index (χ1v) is 1.87. The topological polar surface area (TPSA) is 15.3 Å². The molecular weight excluding hydrogens is 165 g/mol. The van der Waals surface area contributed by atoms with E-state index in [0.29, 0.717) is 0 Å². The molecule has 0 saturated carbocycles. The molecule has 0 aliphatic carbocycles. The Balaban J connectivity index is 0.000000360. The van der Waals surface area contributed by atoms with Crippen LogP contribution in [0.2, 0.25) is 0 Å². The minimum atomic E-state index is 0. The van der Waals surface area contributed by atoms with Gasteiger partial charge in [0.2, 0.25) is 0 Å². The van der Waals surface area contributed by atoms with Crippen LogP contribution in [0, 0.1) is 6.67 Å². The van der Waals surface area contributed by atoms with Crippen molar-refractivity contribution in [2.75, 3.05) is 7.05 Å². The van der Waals surface area contributed by atoms with Crippen LogP contribution in [0.5, 0.6) is 0 Å². The SMILES string of the molecule is CN1C=CN[CH-]1.[Y]. The van der Waals surface area contributed by atoms with Gasteiger partial charge in [0.1, 0.15) is 0 Å². The summed E-state index contributed by atoms with van der Waals surface area (Å²) in [7, 11) is 1.97. The molecule has 0 unspecified atom stereocenters. The summed E-state index contributed by atoms with van der Waals surface area (Å²) in [6.45, 7) is 1.88. The summed E-state index contributed by atoms with van der Waals surface area (Å²) in [4.78, 5) is 1.94. The smallest absolute Gasteiger partial charge is 0 e. The van der Waals surface area contributed by atoms with E-state index in [1.165, 1.54) is 0 Å². The average Bonchev–Trinajstić information content (AvgIpc) is 1.86. The van der Waals surface area contributed by atoms with Crippen LogP contribution < -0.4 is 5.32 Å². The van der Waals surface area contributed by atoms with Crippen LogP contribution in [0.15, 0.2) is 12.4 Å². The molecule has 1 aliphatic rings. The van der Waals surface area contributed by atoms with Crippen molar-refractivity contribution in [1.82, 2.24) is 10.2 Å². The van der Waals surface area contributed by atoms with E-state index in [4.69, 9.17) is 0 Å². The Morgan fingerprint density at radius 1 is 1.71 bits per heavy atom. The quantitative estimate of drug-likeness (QED) is 0.521. The Bertz CT molecular complexity index is 72.1. The molecule has 0 aromatic heterocycles. The number of rotatable bonds is 0. The summed E-state index contributed by atoms with van der Waals surface area (Å²) >= 11 is 0. The van der Waals surface area contributed by atoms with Crippen molar-refractivity contribution < 1.29 is 32.7 Å². The molecule has 0 atom stereocenters. The molecule has 1 heterocycles. The second-order valence-electron chi connectivity index (χ2n) is 1.28. The van der Waals surface area contributed by atoms with Gasteiger partial charge in [0.05, 0.1) is 0 Å². The van der Waals surface area contributed by atoms with Gasteiger partial charge in [-0.2, -0.15) is 6.67 Å². The van der Waals surface area contributed by atoms with Crippen LogP contribution in [-0.4, -0.2) is 11.9 Å². The summed E-state index contributed by atoms with van der Waals surface area (Å²) < 4.78 is 0. The zero-order valence-electron chi connectivity index (χ0n) is 4.26. The van der Waals surface area contributed by atoms with Crippen LogP contribution >= 0.6 is 0 Å². The third kappa shape index (κ3) is 2.30. The van der Waals surface area contributed by atoms with E-state index in [1.807, 2.05) is 31.0 Å². The van der Waals surface area contributed by atoms with E-state index in [2.05, 4.69) is 5.32 Å². The van der Waals surface area contributed by atoms with Gasteiger partial charge in [0.25, 0.3) is 0 Å². The molecule has 2 nitrogen and oxygen atoms in total. The maximum Gasteiger partial charge on any atom is 0 e. The van der Waals surface area contributed by atoms with Gasteiger partial charge in [-0.05, 0) is 19.4 Å². The molecule has 7 heavy (non-hydrogen) atoms. The molecule has 1 aliphatic heterocycles. The van der Waals surface area contributed by atoms with E-state index in [9.17, 15) is 0 Å². The first-order chi connectivity index (χ1) is 2.89. The van der Waals surface area contributed by atoms with Crippen LogP contribution in [0.1, 0.15) is 0 Å². The van der Waals surface area contributed by atoms with E-state index >= 15 is 0 Å². The summed E-state index contributed by atoms with van der Waals surface area (Å²) in [5.74, 6) is 0. The zero-order chi connectivity index (χ0) is 4.41. The zero-order valence-corrected chi connectivity index (χ0v) is 7.09. The van der Waals surface area contributed by atoms with Gasteiger partial charge >= 0.3 is 0 Å². The predicted molar refractivity (Wildman–Crippen MR) is 24.3 cm³/mol. The molecule has 0 saturated heterocycles. The van der Waals surface area contributed by atoms with Gasteiger partial charge in [-0.25, -0.2) is 0 Å². The molecule has 3 heteroatoms. The standard InChI is InChI=1S/C4H7N2.Y/c1-6-3-2-5-4-6;/h2-5H,1H3;/q-1;. The van der Waals surface area contributed by atoms with E-state index in [1.54, 1.807) is 0 Å². The van der Waals surface area contributed by atoms with Gasteiger partial charge in [-0.1, -0.05) is 0 Å². The van der Waals surface area contributed by atoms with Crippen LogP contribution in [0.3, 0.4) is 0 Å². The van der Waals surface area contributed by atoms with Gasteiger partial charge in [0, 0.05) is 32.7 Å². The molecule has 0 aromatic carbocycles. The normalized spacial score (nSPS) is 15.9. The van der Waals surface area contributed by atoms with Gasteiger partial charge in [0.15, 0.2) is 0 Å². The van der Waals surface area contributed by atoms with E-state index < -0.39 is 0 Å². The number of hydrogen-bond donors (Lipinski definition) is 1. The molecule has 0 bridgehead atoms. The maximum absolute atomic E-state index is 2.89. The Morgan fingerprint density at radius 2 is 2.43 bits per heavy atom. The van der Waals surface area contributed by atoms with E-state index in [0.717, 1.165) is 0 Å². The van der Waals surface area contributed by atoms with Gasteiger partial charge < -0.3 is 10.2 Å². The average molecular weight is 172 g/mol. The molecule has 0 spiro atoms. The van der Waals surface area contributed by atoms with Crippen LogP contribution in [0.25, 0.3) is 0 Å². The maximum atomic E-state index is 2.89. The molecule has 0 aromatic rings. The Labute approximate surface area is 68.8 Å². The van der Waals surface area contributed by atoms with Crippen molar-refractivity contribution in [3.8, 4) is 0 Å². The minimum absolute atomic E-state index is 0. The molecule has 0 amide bonds. The van der Waals surface area contributed by atoms with Crippen molar-refractivity contribution in [1.29, 1.82) is 0 Å². The van der Waals surface area contributed by atoms with Crippen molar-refractivity contribution in [2.45, 2.75) is 0 Å². The first-order valence-electron chi connectivity index (χ1n) is 1.87. The summed E-state index contributed by atoms with van der Waals surface area (Å²) in [5, 5.41) is 2.89. The molecule has 1 N–H and O–H groups in total. The number of nitrogens with one attached hydrogen (secondary N) is 1. The monoisotopic (exact) mass is 172 g/mol. The van der Waals surface area contributed by atoms with Gasteiger partial charge in [-0.15, -0.1) is 0 Å². The molecule has 1 rings (SSSR count). The largest absolute Gasteiger partial charge is 0.521 e. The molecular formula is C4H7N2Y-. The van der Waals surface area contributed by atoms with Crippen LogP contribution in [0.4, 0.5) is 0 Å². The molecule has 0 fully saturated rings. The summed E-state index contributed by atoms with van der Waals surface area (Å²) in [5.41, 5.74) is 0. The predicted octanol–water partition coefficient (Wildman–Crippen LogP) is 0.109.